The number of aryl methyl sites for hydroxylation is 2. The predicted octanol–water partition coefficient (Wildman–Crippen LogP) is 2.59. The monoisotopic (exact) mass is 250 g/mol. The van der Waals surface area contributed by atoms with Gasteiger partial charge in [-0.1, -0.05) is 19.4 Å². The van der Waals surface area contributed by atoms with Gasteiger partial charge in [0.15, 0.2) is 0 Å². The average Bonchev–Trinajstić information content (AvgIpc) is 2.25. The number of urea groups is 1. The zero-order valence-electron chi connectivity index (χ0n) is 11.3. The molecule has 0 aliphatic rings. The van der Waals surface area contributed by atoms with Crippen molar-refractivity contribution >= 4 is 11.7 Å². The van der Waals surface area contributed by atoms with E-state index in [-0.39, 0.29) is 12.6 Å². The predicted molar refractivity (Wildman–Crippen MR) is 73.9 cm³/mol. The Bertz CT molecular complexity index is 385. The minimum Gasteiger partial charge on any atom is -0.391 e. The Balaban J connectivity index is 2.44. The molecule has 0 saturated heterocycles. The fraction of sp³-hybridized carbons (Fsp3) is 0.500. The smallest absolute Gasteiger partial charge is 0.319 e. The molecule has 0 aliphatic heterocycles. The van der Waals surface area contributed by atoms with Crippen LogP contribution in [0, 0.1) is 13.8 Å². The molecule has 1 aromatic carbocycles. The number of aliphatic hydroxyl groups is 1. The molecule has 4 nitrogen and oxygen atoms in total. The Morgan fingerprint density at radius 3 is 2.44 bits per heavy atom. The van der Waals surface area contributed by atoms with Crippen LogP contribution in [-0.4, -0.2) is 23.8 Å². The number of rotatable bonds is 5. The van der Waals surface area contributed by atoms with E-state index in [1.807, 2.05) is 39.0 Å². The maximum absolute atomic E-state index is 11.6. The first-order valence-corrected chi connectivity index (χ1v) is 6.32. The van der Waals surface area contributed by atoms with E-state index in [1.54, 1.807) is 0 Å². The van der Waals surface area contributed by atoms with Crippen LogP contribution >= 0.6 is 0 Å². The van der Waals surface area contributed by atoms with Gasteiger partial charge in [-0.3, -0.25) is 0 Å². The van der Waals surface area contributed by atoms with Crippen molar-refractivity contribution in [2.24, 2.45) is 0 Å². The quantitative estimate of drug-likeness (QED) is 0.752. The number of carbonyl (C=O) groups excluding carboxylic acids is 1. The SMILES string of the molecule is CCCC(O)CNC(=O)Nc1cc(C)cc(C)c1. The maximum atomic E-state index is 11.6. The van der Waals surface area contributed by atoms with Crippen molar-refractivity contribution in [3.8, 4) is 0 Å². The molecule has 3 N–H and O–H groups in total. The summed E-state index contributed by atoms with van der Waals surface area (Å²) in [5.74, 6) is 0. The van der Waals surface area contributed by atoms with Gasteiger partial charge in [-0.2, -0.15) is 0 Å². The van der Waals surface area contributed by atoms with E-state index in [1.165, 1.54) is 0 Å². The number of nitrogens with one attached hydrogen (secondary N) is 2. The first kappa shape index (κ1) is 14.5. The number of amides is 2. The third-order valence-corrected chi connectivity index (χ3v) is 2.60. The Morgan fingerprint density at radius 2 is 1.89 bits per heavy atom. The van der Waals surface area contributed by atoms with Crippen LogP contribution in [0.25, 0.3) is 0 Å². The van der Waals surface area contributed by atoms with Crippen molar-refractivity contribution < 1.29 is 9.90 Å². The fourth-order valence-electron chi connectivity index (χ4n) is 1.87. The first-order valence-electron chi connectivity index (χ1n) is 6.32. The minimum atomic E-state index is -0.472. The van der Waals surface area contributed by atoms with Crippen molar-refractivity contribution in [1.82, 2.24) is 5.32 Å². The van der Waals surface area contributed by atoms with Crippen molar-refractivity contribution in [3.05, 3.63) is 29.3 Å². The Labute approximate surface area is 108 Å². The lowest BCUT2D eigenvalue weighted by atomic mass is 10.1. The van der Waals surface area contributed by atoms with Gasteiger partial charge in [0.05, 0.1) is 6.10 Å². The third-order valence-electron chi connectivity index (χ3n) is 2.60. The summed E-state index contributed by atoms with van der Waals surface area (Å²) < 4.78 is 0. The topological polar surface area (TPSA) is 61.4 Å². The van der Waals surface area contributed by atoms with Gasteiger partial charge in [-0.25, -0.2) is 4.79 Å². The van der Waals surface area contributed by atoms with Crippen LogP contribution in [-0.2, 0) is 0 Å². The molecule has 100 valence electrons. The maximum Gasteiger partial charge on any atom is 0.319 e. The molecule has 0 bridgehead atoms. The summed E-state index contributed by atoms with van der Waals surface area (Å²) in [6.07, 6.45) is 1.13. The lowest BCUT2D eigenvalue weighted by Crippen LogP contribution is -2.35. The van der Waals surface area contributed by atoms with E-state index in [0.717, 1.165) is 23.2 Å². The van der Waals surface area contributed by atoms with Crippen molar-refractivity contribution in [1.29, 1.82) is 0 Å². The molecule has 1 rings (SSSR count). The molecule has 0 saturated carbocycles. The molecule has 18 heavy (non-hydrogen) atoms. The lowest BCUT2D eigenvalue weighted by Gasteiger charge is -2.12. The van der Waals surface area contributed by atoms with Gasteiger partial charge in [0.1, 0.15) is 0 Å². The molecule has 4 heteroatoms. The summed E-state index contributed by atoms with van der Waals surface area (Å²) in [6.45, 7) is 6.26. The van der Waals surface area contributed by atoms with E-state index < -0.39 is 6.10 Å². The van der Waals surface area contributed by atoms with Gasteiger partial charge in [0.25, 0.3) is 0 Å². The Kier molecular flexibility index (Phi) is 5.65. The largest absolute Gasteiger partial charge is 0.391 e. The molecule has 0 aliphatic carbocycles. The normalized spacial score (nSPS) is 12.0. The van der Waals surface area contributed by atoms with Crippen LogP contribution in [0.2, 0.25) is 0 Å². The Morgan fingerprint density at radius 1 is 1.28 bits per heavy atom. The van der Waals surface area contributed by atoms with Gasteiger partial charge in [0.2, 0.25) is 0 Å². The van der Waals surface area contributed by atoms with Crippen molar-refractivity contribution in [3.63, 3.8) is 0 Å². The third kappa shape index (κ3) is 5.19. The second-order valence-corrected chi connectivity index (χ2v) is 4.65. The van der Waals surface area contributed by atoms with Crippen LogP contribution in [0.4, 0.5) is 10.5 Å². The Hall–Kier alpha value is -1.55. The van der Waals surface area contributed by atoms with E-state index in [0.29, 0.717) is 6.42 Å². The van der Waals surface area contributed by atoms with Gasteiger partial charge in [-0.15, -0.1) is 0 Å². The van der Waals surface area contributed by atoms with E-state index in [9.17, 15) is 9.90 Å². The summed E-state index contributed by atoms with van der Waals surface area (Å²) in [5, 5.41) is 14.9. The summed E-state index contributed by atoms with van der Waals surface area (Å²) in [4.78, 5) is 11.6. The second kappa shape index (κ2) is 7.01. The van der Waals surface area contributed by atoms with E-state index >= 15 is 0 Å². The molecular formula is C14H22N2O2. The zero-order chi connectivity index (χ0) is 13.5. The van der Waals surface area contributed by atoms with Crippen molar-refractivity contribution in [2.75, 3.05) is 11.9 Å². The highest BCUT2D eigenvalue weighted by Gasteiger charge is 2.06. The average molecular weight is 250 g/mol. The minimum absolute atomic E-state index is 0.282. The van der Waals surface area contributed by atoms with Gasteiger partial charge >= 0.3 is 6.03 Å². The van der Waals surface area contributed by atoms with E-state index in [2.05, 4.69) is 10.6 Å². The van der Waals surface area contributed by atoms with Crippen LogP contribution in [0.1, 0.15) is 30.9 Å². The van der Waals surface area contributed by atoms with Crippen LogP contribution in [0.5, 0.6) is 0 Å². The second-order valence-electron chi connectivity index (χ2n) is 4.65. The number of hydrogen-bond donors (Lipinski definition) is 3. The number of aliphatic hydroxyl groups excluding tert-OH is 1. The summed E-state index contributed by atoms with van der Waals surface area (Å²) in [7, 11) is 0. The molecule has 1 unspecified atom stereocenters. The number of anilines is 1. The first-order chi connectivity index (χ1) is 8.51. The fourth-order valence-corrected chi connectivity index (χ4v) is 1.87. The number of hydrogen-bond acceptors (Lipinski definition) is 2. The van der Waals surface area contributed by atoms with Gasteiger partial charge < -0.3 is 15.7 Å². The van der Waals surface area contributed by atoms with Crippen LogP contribution < -0.4 is 10.6 Å². The molecule has 0 heterocycles. The molecule has 0 aromatic heterocycles. The highest BCUT2D eigenvalue weighted by molar-refractivity contribution is 5.89. The number of benzene rings is 1. The highest BCUT2D eigenvalue weighted by atomic mass is 16.3. The van der Waals surface area contributed by atoms with E-state index in [4.69, 9.17) is 0 Å². The summed E-state index contributed by atoms with van der Waals surface area (Å²) >= 11 is 0. The molecule has 0 fully saturated rings. The van der Waals surface area contributed by atoms with Crippen LogP contribution in [0.3, 0.4) is 0 Å². The van der Waals surface area contributed by atoms with Gasteiger partial charge in [0, 0.05) is 12.2 Å². The summed E-state index contributed by atoms with van der Waals surface area (Å²) in [6, 6.07) is 5.59. The molecule has 2 amide bonds. The van der Waals surface area contributed by atoms with Crippen molar-refractivity contribution in [2.45, 2.75) is 39.7 Å². The molecule has 0 spiro atoms. The molecule has 1 aromatic rings. The standard InChI is InChI=1S/C14H22N2O2/c1-4-5-13(17)9-15-14(18)16-12-7-10(2)6-11(3)8-12/h6-8,13,17H,4-5,9H2,1-3H3,(H2,15,16,18). The highest BCUT2D eigenvalue weighted by Crippen LogP contribution is 2.13. The zero-order valence-corrected chi connectivity index (χ0v) is 11.3. The van der Waals surface area contributed by atoms with Gasteiger partial charge in [-0.05, 0) is 43.5 Å². The number of carbonyl (C=O) groups is 1. The lowest BCUT2D eigenvalue weighted by molar-refractivity contribution is 0.162. The molecular weight excluding hydrogens is 228 g/mol. The summed E-state index contributed by atoms with van der Waals surface area (Å²) in [5.41, 5.74) is 2.99. The molecule has 0 radical (unpaired) electrons. The van der Waals surface area contributed by atoms with Crippen LogP contribution in [0.15, 0.2) is 18.2 Å². The molecule has 1 atom stereocenters.